The third-order valence-electron chi connectivity index (χ3n) is 6.53. The number of carbonyl (C=O) groups excluding carboxylic acids is 1. The molecule has 4 heterocycles. The Morgan fingerprint density at radius 3 is 2.61 bits per heavy atom. The van der Waals surface area contributed by atoms with Crippen molar-refractivity contribution in [3.63, 3.8) is 0 Å². The molecular formula is C27H31N7O2. The van der Waals surface area contributed by atoms with Crippen molar-refractivity contribution in [2.45, 2.75) is 65.5 Å². The molecule has 1 aromatic carbocycles. The second kappa shape index (κ2) is 8.29. The van der Waals surface area contributed by atoms with Crippen LogP contribution in [0.5, 0.6) is 0 Å². The number of hydrogen-bond acceptors (Lipinski definition) is 6. The number of fused-ring (bicyclic) bond motifs is 2. The van der Waals surface area contributed by atoms with Gasteiger partial charge in [0.2, 0.25) is 11.9 Å². The smallest absolute Gasteiger partial charge is 0.278 e. The highest BCUT2D eigenvalue weighted by Gasteiger charge is 2.31. The van der Waals surface area contributed by atoms with Crippen LogP contribution in [0.15, 0.2) is 47.4 Å². The molecule has 186 valence electrons. The maximum atomic E-state index is 13.1. The molecular weight excluding hydrogens is 454 g/mol. The van der Waals surface area contributed by atoms with Crippen LogP contribution in [0, 0.1) is 0 Å². The van der Waals surface area contributed by atoms with E-state index in [4.69, 9.17) is 9.97 Å². The molecule has 0 aliphatic carbocycles. The maximum absolute atomic E-state index is 13.1. The molecule has 4 aromatic rings. The Morgan fingerprint density at radius 1 is 1.11 bits per heavy atom. The van der Waals surface area contributed by atoms with Gasteiger partial charge in [-0.2, -0.15) is 4.98 Å². The molecule has 1 amide bonds. The van der Waals surface area contributed by atoms with Crippen LogP contribution >= 0.6 is 0 Å². The number of aromatic nitrogens is 5. The average molecular weight is 486 g/mol. The standard InChI is InChI=1S/C27H31N7O2/c1-7-33-24(36)18-15-28-25(29-17-11-12-19-16(13-17)14-22(35)32-27(19,5)6)31-23(18)34(33)21-10-8-9-20(30-21)26(2,3)4/h8-13,15H,7,14H2,1-6H3,(H,32,35)(H,28,29,31). The molecule has 0 saturated carbocycles. The van der Waals surface area contributed by atoms with Crippen molar-refractivity contribution in [1.82, 2.24) is 29.6 Å². The first-order chi connectivity index (χ1) is 17.0. The number of rotatable bonds is 4. The van der Waals surface area contributed by atoms with Crippen LogP contribution in [0.4, 0.5) is 11.6 Å². The minimum atomic E-state index is -0.424. The highest BCUT2D eigenvalue weighted by molar-refractivity contribution is 5.83. The summed E-state index contributed by atoms with van der Waals surface area (Å²) in [7, 11) is 0. The molecule has 1 aliphatic rings. The fourth-order valence-corrected chi connectivity index (χ4v) is 4.76. The summed E-state index contributed by atoms with van der Waals surface area (Å²) < 4.78 is 3.39. The number of carbonyl (C=O) groups is 1. The largest absolute Gasteiger partial charge is 0.347 e. The van der Waals surface area contributed by atoms with Gasteiger partial charge in [-0.15, -0.1) is 0 Å². The lowest BCUT2D eigenvalue weighted by Gasteiger charge is -2.33. The van der Waals surface area contributed by atoms with Gasteiger partial charge in [0.05, 0.1) is 12.0 Å². The first-order valence-electron chi connectivity index (χ1n) is 12.2. The van der Waals surface area contributed by atoms with Gasteiger partial charge in [-0.05, 0) is 56.2 Å². The number of pyridine rings is 1. The van der Waals surface area contributed by atoms with Crippen molar-refractivity contribution in [1.29, 1.82) is 0 Å². The van der Waals surface area contributed by atoms with Crippen molar-refractivity contribution in [3.8, 4) is 5.82 Å². The van der Waals surface area contributed by atoms with Gasteiger partial charge in [-0.1, -0.05) is 32.9 Å². The Kier molecular flexibility index (Phi) is 5.46. The van der Waals surface area contributed by atoms with Gasteiger partial charge in [0.15, 0.2) is 11.5 Å². The van der Waals surface area contributed by atoms with Gasteiger partial charge in [0.25, 0.3) is 5.56 Å². The molecule has 3 aromatic heterocycles. The number of amides is 1. The van der Waals surface area contributed by atoms with Gasteiger partial charge in [-0.25, -0.2) is 19.3 Å². The molecule has 0 spiro atoms. The number of hydrogen-bond donors (Lipinski definition) is 2. The summed E-state index contributed by atoms with van der Waals surface area (Å²) in [6.07, 6.45) is 1.88. The van der Waals surface area contributed by atoms with E-state index in [9.17, 15) is 9.59 Å². The number of benzene rings is 1. The molecule has 9 nitrogen and oxygen atoms in total. The van der Waals surface area contributed by atoms with Gasteiger partial charge < -0.3 is 10.6 Å². The molecule has 9 heteroatoms. The zero-order chi connectivity index (χ0) is 25.8. The van der Waals surface area contributed by atoms with Crippen molar-refractivity contribution in [2.24, 2.45) is 0 Å². The van der Waals surface area contributed by atoms with Crippen molar-refractivity contribution in [2.75, 3.05) is 5.32 Å². The Morgan fingerprint density at radius 2 is 1.89 bits per heavy atom. The first kappa shape index (κ1) is 23.7. The average Bonchev–Trinajstić information content (AvgIpc) is 3.08. The van der Waals surface area contributed by atoms with Crippen molar-refractivity contribution < 1.29 is 4.79 Å². The van der Waals surface area contributed by atoms with Crippen LogP contribution in [0.3, 0.4) is 0 Å². The second-order valence-electron chi connectivity index (χ2n) is 10.7. The van der Waals surface area contributed by atoms with Crippen LogP contribution in [-0.4, -0.2) is 30.2 Å². The summed E-state index contributed by atoms with van der Waals surface area (Å²) in [6.45, 7) is 12.7. The Bertz CT molecular complexity index is 1560. The van der Waals surface area contributed by atoms with Gasteiger partial charge >= 0.3 is 0 Å². The minimum absolute atomic E-state index is 0.00257. The number of nitrogens with zero attached hydrogens (tertiary/aromatic N) is 5. The molecule has 0 radical (unpaired) electrons. The van der Waals surface area contributed by atoms with E-state index in [2.05, 4.69) is 36.4 Å². The summed E-state index contributed by atoms with van der Waals surface area (Å²) in [5.41, 5.74) is 3.50. The van der Waals surface area contributed by atoms with E-state index < -0.39 is 5.54 Å². The lowest BCUT2D eigenvalue weighted by molar-refractivity contribution is -0.122. The minimum Gasteiger partial charge on any atom is -0.347 e. The first-order valence-corrected chi connectivity index (χ1v) is 12.2. The Labute approximate surface area is 209 Å². The van der Waals surface area contributed by atoms with Crippen LogP contribution < -0.4 is 16.2 Å². The van der Waals surface area contributed by atoms with Crippen LogP contribution in [0.1, 0.15) is 58.4 Å². The Hall–Kier alpha value is -4.01. The third-order valence-corrected chi connectivity index (χ3v) is 6.53. The summed E-state index contributed by atoms with van der Waals surface area (Å²) in [4.78, 5) is 39.3. The molecule has 0 unspecified atom stereocenters. The van der Waals surface area contributed by atoms with E-state index in [0.29, 0.717) is 35.8 Å². The summed E-state index contributed by atoms with van der Waals surface area (Å²) in [5, 5.41) is 6.70. The highest BCUT2D eigenvalue weighted by atomic mass is 16.2. The quantitative estimate of drug-likeness (QED) is 0.453. The molecule has 0 saturated heterocycles. The fraction of sp³-hybridized carbons (Fsp3) is 0.370. The van der Waals surface area contributed by atoms with Gasteiger partial charge in [-0.3, -0.25) is 9.59 Å². The Balaban J connectivity index is 1.59. The van der Waals surface area contributed by atoms with E-state index in [1.54, 1.807) is 15.6 Å². The van der Waals surface area contributed by atoms with Crippen molar-refractivity contribution >= 4 is 28.6 Å². The zero-order valence-corrected chi connectivity index (χ0v) is 21.5. The third kappa shape index (κ3) is 4.04. The molecule has 2 N–H and O–H groups in total. The molecule has 5 rings (SSSR count). The van der Waals surface area contributed by atoms with Crippen LogP contribution in [0.2, 0.25) is 0 Å². The van der Waals surface area contributed by atoms with E-state index in [1.807, 2.05) is 57.2 Å². The zero-order valence-electron chi connectivity index (χ0n) is 21.5. The van der Waals surface area contributed by atoms with Crippen LogP contribution in [0.25, 0.3) is 16.9 Å². The molecule has 0 atom stereocenters. The maximum Gasteiger partial charge on any atom is 0.278 e. The summed E-state index contributed by atoms with van der Waals surface area (Å²) in [6, 6.07) is 11.7. The summed E-state index contributed by atoms with van der Waals surface area (Å²) >= 11 is 0. The topological polar surface area (TPSA) is 107 Å². The van der Waals surface area contributed by atoms with E-state index in [1.165, 1.54) is 0 Å². The van der Waals surface area contributed by atoms with E-state index in [-0.39, 0.29) is 16.9 Å². The SMILES string of the molecule is CCn1c(=O)c2cnc(Nc3ccc4c(c3)CC(=O)NC4(C)C)nc2n1-c1cccc(C(C)(C)C)n1. The fourth-order valence-electron chi connectivity index (χ4n) is 4.76. The van der Waals surface area contributed by atoms with Gasteiger partial charge in [0.1, 0.15) is 5.39 Å². The van der Waals surface area contributed by atoms with Gasteiger partial charge in [0, 0.05) is 29.5 Å². The monoisotopic (exact) mass is 485 g/mol. The second-order valence-corrected chi connectivity index (χ2v) is 10.7. The number of nitrogens with one attached hydrogen (secondary N) is 2. The lowest BCUT2D eigenvalue weighted by atomic mass is 9.85. The lowest BCUT2D eigenvalue weighted by Crippen LogP contribution is -2.46. The van der Waals surface area contributed by atoms with Crippen molar-refractivity contribution in [3.05, 3.63) is 69.8 Å². The van der Waals surface area contributed by atoms with Crippen LogP contribution in [-0.2, 0) is 28.7 Å². The molecule has 36 heavy (non-hydrogen) atoms. The number of anilines is 2. The van der Waals surface area contributed by atoms with E-state index >= 15 is 0 Å². The normalized spacial score (nSPS) is 15.0. The van der Waals surface area contributed by atoms with E-state index in [0.717, 1.165) is 22.5 Å². The molecule has 0 bridgehead atoms. The predicted octanol–water partition coefficient (Wildman–Crippen LogP) is 3.95. The predicted molar refractivity (Wildman–Crippen MR) is 140 cm³/mol. The molecule has 0 fully saturated rings. The highest BCUT2D eigenvalue weighted by Crippen LogP contribution is 2.31. The molecule has 1 aliphatic heterocycles. The summed E-state index contributed by atoms with van der Waals surface area (Å²) in [5.74, 6) is 0.983.